The van der Waals surface area contributed by atoms with Gasteiger partial charge in [0.15, 0.2) is 0 Å². The average Bonchev–Trinajstić information content (AvgIpc) is 3.37. The minimum atomic E-state index is -0.418. The Morgan fingerprint density at radius 3 is 2.96 bits per heavy atom. The minimum absolute atomic E-state index is 0.199. The molecule has 5 nitrogen and oxygen atoms in total. The monoisotopic (exact) mass is 380 g/mol. The molecular weight excluding hydrogens is 359 g/mol. The van der Waals surface area contributed by atoms with E-state index >= 15 is 0 Å². The number of likely N-dealkylation sites (tertiary alicyclic amines) is 1. The molecule has 28 heavy (non-hydrogen) atoms. The van der Waals surface area contributed by atoms with E-state index in [-0.39, 0.29) is 11.9 Å². The summed E-state index contributed by atoms with van der Waals surface area (Å²) >= 11 is 0. The summed E-state index contributed by atoms with van der Waals surface area (Å²) in [6, 6.07) is 13.3. The number of hydrogen-bond acceptors (Lipinski definition) is 4. The van der Waals surface area contributed by atoms with Crippen LogP contribution in [-0.2, 0) is 6.42 Å². The predicted molar refractivity (Wildman–Crippen MR) is 102 cm³/mol. The van der Waals surface area contributed by atoms with E-state index in [1.807, 2.05) is 24.3 Å². The van der Waals surface area contributed by atoms with Crippen molar-refractivity contribution in [2.45, 2.75) is 25.3 Å². The molecule has 1 amide bonds. The van der Waals surface area contributed by atoms with Crippen molar-refractivity contribution in [3.8, 4) is 5.75 Å². The third-order valence-electron chi connectivity index (χ3n) is 4.95. The third-order valence-corrected chi connectivity index (χ3v) is 4.95. The van der Waals surface area contributed by atoms with Crippen LogP contribution in [0.25, 0.3) is 0 Å². The smallest absolute Gasteiger partial charge is 0.254 e. The number of carbonyl (C=O) groups excluding carboxylic acids is 1. The Kier molecular flexibility index (Phi) is 5.10. The van der Waals surface area contributed by atoms with Crippen molar-refractivity contribution >= 4 is 5.91 Å². The van der Waals surface area contributed by atoms with Crippen molar-refractivity contribution in [2.24, 2.45) is 0 Å². The standard InChI is InChI=1S/C22H21FN2O3/c1-27-18-8-2-5-15(11-18)12-19-14-24-21(28-19)20-9-4-10-25(20)22(26)16-6-3-7-17(23)13-16/h2-3,5-8,11,13-14,20H,4,9-10,12H2,1H3/t20-/m0/s1. The summed E-state index contributed by atoms with van der Waals surface area (Å²) < 4.78 is 24.7. The molecule has 2 aromatic carbocycles. The van der Waals surface area contributed by atoms with Gasteiger partial charge in [0.2, 0.25) is 5.89 Å². The summed E-state index contributed by atoms with van der Waals surface area (Å²) in [7, 11) is 1.63. The summed E-state index contributed by atoms with van der Waals surface area (Å²) in [4.78, 5) is 19.0. The van der Waals surface area contributed by atoms with Gasteiger partial charge in [-0.15, -0.1) is 0 Å². The molecular formula is C22H21FN2O3. The maximum Gasteiger partial charge on any atom is 0.254 e. The normalized spacial score (nSPS) is 16.4. The molecule has 1 aliphatic rings. The Morgan fingerprint density at radius 1 is 1.29 bits per heavy atom. The fourth-order valence-electron chi connectivity index (χ4n) is 3.60. The van der Waals surface area contributed by atoms with Crippen molar-refractivity contribution in [3.63, 3.8) is 0 Å². The van der Waals surface area contributed by atoms with E-state index in [1.54, 1.807) is 30.3 Å². The van der Waals surface area contributed by atoms with Gasteiger partial charge in [0, 0.05) is 18.5 Å². The topological polar surface area (TPSA) is 55.6 Å². The van der Waals surface area contributed by atoms with Crippen LogP contribution in [0.2, 0.25) is 0 Å². The molecule has 1 aliphatic heterocycles. The van der Waals surface area contributed by atoms with E-state index in [9.17, 15) is 9.18 Å². The molecule has 0 aliphatic carbocycles. The Labute approximate surface area is 162 Å². The van der Waals surface area contributed by atoms with Crippen LogP contribution in [0.15, 0.2) is 59.1 Å². The van der Waals surface area contributed by atoms with Crippen LogP contribution >= 0.6 is 0 Å². The molecule has 0 bridgehead atoms. The van der Waals surface area contributed by atoms with Crippen LogP contribution in [0.3, 0.4) is 0 Å². The number of amides is 1. The fraction of sp³-hybridized carbons (Fsp3) is 0.273. The zero-order valence-corrected chi connectivity index (χ0v) is 15.6. The Bertz CT molecular complexity index is 985. The Balaban J connectivity index is 1.51. The maximum absolute atomic E-state index is 13.5. The molecule has 2 heterocycles. The van der Waals surface area contributed by atoms with Gasteiger partial charge in [-0.2, -0.15) is 0 Å². The van der Waals surface area contributed by atoms with E-state index in [4.69, 9.17) is 9.15 Å². The molecule has 0 N–H and O–H groups in total. The lowest BCUT2D eigenvalue weighted by Crippen LogP contribution is -2.30. The molecule has 1 aromatic heterocycles. The van der Waals surface area contributed by atoms with Crippen molar-refractivity contribution in [3.05, 3.63) is 83.3 Å². The molecule has 6 heteroatoms. The largest absolute Gasteiger partial charge is 0.497 e. The lowest BCUT2D eigenvalue weighted by Gasteiger charge is -2.22. The second-order valence-electron chi connectivity index (χ2n) is 6.86. The summed E-state index contributed by atoms with van der Waals surface area (Å²) in [5, 5.41) is 0. The molecule has 0 spiro atoms. The van der Waals surface area contributed by atoms with E-state index in [1.165, 1.54) is 12.1 Å². The third kappa shape index (κ3) is 3.76. The highest BCUT2D eigenvalue weighted by molar-refractivity contribution is 5.94. The van der Waals surface area contributed by atoms with Crippen LogP contribution in [0.5, 0.6) is 5.75 Å². The molecule has 1 saturated heterocycles. The molecule has 3 aromatic rings. The first kappa shape index (κ1) is 18.2. The highest BCUT2D eigenvalue weighted by Gasteiger charge is 2.34. The van der Waals surface area contributed by atoms with Crippen LogP contribution in [0.4, 0.5) is 4.39 Å². The number of halogens is 1. The maximum atomic E-state index is 13.5. The van der Waals surface area contributed by atoms with Crippen molar-refractivity contribution in [1.82, 2.24) is 9.88 Å². The predicted octanol–water partition coefficient (Wildman–Crippen LogP) is 4.39. The van der Waals surface area contributed by atoms with Gasteiger partial charge in [-0.3, -0.25) is 4.79 Å². The van der Waals surface area contributed by atoms with Crippen LogP contribution in [-0.4, -0.2) is 29.4 Å². The van der Waals surface area contributed by atoms with Gasteiger partial charge in [-0.05, 0) is 48.7 Å². The second kappa shape index (κ2) is 7.84. The van der Waals surface area contributed by atoms with Gasteiger partial charge in [-0.25, -0.2) is 9.37 Å². The first-order valence-electron chi connectivity index (χ1n) is 9.28. The number of methoxy groups -OCH3 is 1. The lowest BCUT2D eigenvalue weighted by atomic mass is 10.1. The fourth-order valence-corrected chi connectivity index (χ4v) is 3.60. The number of nitrogens with zero attached hydrogens (tertiary/aromatic N) is 2. The highest BCUT2D eigenvalue weighted by Crippen LogP contribution is 2.33. The summed E-state index contributed by atoms with van der Waals surface area (Å²) in [6.07, 6.45) is 3.94. The zero-order chi connectivity index (χ0) is 19.5. The van der Waals surface area contributed by atoms with Gasteiger partial charge in [0.1, 0.15) is 23.4 Å². The van der Waals surface area contributed by atoms with Crippen molar-refractivity contribution < 1.29 is 18.3 Å². The Morgan fingerprint density at radius 2 is 2.14 bits per heavy atom. The number of aromatic nitrogens is 1. The van der Waals surface area contributed by atoms with Crippen molar-refractivity contribution in [2.75, 3.05) is 13.7 Å². The SMILES string of the molecule is COc1cccc(Cc2cnc([C@@H]3CCCN3C(=O)c3cccc(F)c3)o2)c1. The van der Waals surface area contributed by atoms with E-state index in [0.717, 1.165) is 29.9 Å². The highest BCUT2D eigenvalue weighted by atomic mass is 19.1. The molecule has 144 valence electrons. The van der Waals surface area contributed by atoms with Gasteiger partial charge in [0.05, 0.1) is 13.3 Å². The molecule has 0 unspecified atom stereocenters. The van der Waals surface area contributed by atoms with Crippen LogP contribution < -0.4 is 4.74 Å². The van der Waals surface area contributed by atoms with Gasteiger partial charge in [-0.1, -0.05) is 18.2 Å². The van der Waals surface area contributed by atoms with Gasteiger partial charge < -0.3 is 14.1 Å². The van der Waals surface area contributed by atoms with E-state index in [0.29, 0.717) is 24.4 Å². The first-order valence-corrected chi connectivity index (χ1v) is 9.28. The van der Waals surface area contributed by atoms with E-state index in [2.05, 4.69) is 4.98 Å². The van der Waals surface area contributed by atoms with Gasteiger partial charge in [0.25, 0.3) is 5.91 Å². The average molecular weight is 380 g/mol. The number of ether oxygens (including phenoxy) is 1. The van der Waals surface area contributed by atoms with Crippen molar-refractivity contribution in [1.29, 1.82) is 0 Å². The molecule has 0 radical (unpaired) electrons. The quantitative estimate of drug-likeness (QED) is 0.659. The van der Waals surface area contributed by atoms with Crippen LogP contribution in [0.1, 0.15) is 46.5 Å². The van der Waals surface area contributed by atoms with Crippen LogP contribution in [0, 0.1) is 5.82 Å². The molecule has 1 atom stereocenters. The molecule has 0 saturated carbocycles. The molecule has 4 rings (SSSR count). The zero-order valence-electron chi connectivity index (χ0n) is 15.6. The number of oxazole rings is 1. The van der Waals surface area contributed by atoms with E-state index < -0.39 is 5.82 Å². The molecule has 1 fully saturated rings. The summed E-state index contributed by atoms with van der Waals surface area (Å²) in [5.41, 5.74) is 1.40. The minimum Gasteiger partial charge on any atom is -0.497 e. The number of carbonyl (C=O) groups is 1. The number of rotatable bonds is 5. The summed E-state index contributed by atoms with van der Waals surface area (Å²) in [5.74, 6) is 1.43. The Hall–Kier alpha value is -3.15. The van der Waals surface area contributed by atoms with Gasteiger partial charge >= 0.3 is 0 Å². The summed E-state index contributed by atoms with van der Waals surface area (Å²) in [6.45, 7) is 0.605. The first-order chi connectivity index (χ1) is 13.6. The number of hydrogen-bond donors (Lipinski definition) is 0. The number of benzene rings is 2. The lowest BCUT2D eigenvalue weighted by molar-refractivity contribution is 0.0714. The second-order valence-corrected chi connectivity index (χ2v) is 6.86.